The summed E-state index contributed by atoms with van der Waals surface area (Å²) in [6, 6.07) is 0. The molecule has 0 aromatic carbocycles. The summed E-state index contributed by atoms with van der Waals surface area (Å²) in [5.74, 6) is 0.101. The molecular weight excluding hydrogens is 132 g/mol. The molecule has 3 heteroatoms. The summed E-state index contributed by atoms with van der Waals surface area (Å²) in [5, 5.41) is 0. The van der Waals surface area contributed by atoms with E-state index in [1.54, 1.807) is 7.11 Å². The SMILES string of the molecule is CCOCC(=O)CCOC. The second-order valence-electron chi connectivity index (χ2n) is 1.92. The highest BCUT2D eigenvalue weighted by molar-refractivity contribution is 5.79. The molecular formula is C7H14O3. The fraction of sp³-hybridized carbons (Fsp3) is 0.857. The van der Waals surface area contributed by atoms with Crippen LogP contribution in [0.2, 0.25) is 0 Å². The van der Waals surface area contributed by atoms with Crippen LogP contribution in [-0.2, 0) is 14.3 Å². The van der Waals surface area contributed by atoms with E-state index in [0.29, 0.717) is 19.6 Å². The third-order valence-corrected chi connectivity index (χ3v) is 1.05. The van der Waals surface area contributed by atoms with E-state index < -0.39 is 0 Å². The van der Waals surface area contributed by atoms with Gasteiger partial charge in [-0.1, -0.05) is 0 Å². The molecule has 0 aliphatic heterocycles. The quantitative estimate of drug-likeness (QED) is 0.551. The van der Waals surface area contributed by atoms with Crippen LogP contribution in [0.4, 0.5) is 0 Å². The second kappa shape index (κ2) is 6.71. The summed E-state index contributed by atoms with van der Waals surface area (Å²) in [6.07, 6.45) is 0.455. The molecule has 0 spiro atoms. The highest BCUT2D eigenvalue weighted by atomic mass is 16.5. The van der Waals surface area contributed by atoms with Gasteiger partial charge in [-0.05, 0) is 6.92 Å². The van der Waals surface area contributed by atoms with Gasteiger partial charge >= 0.3 is 0 Å². The van der Waals surface area contributed by atoms with Crippen molar-refractivity contribution in [3.8, 4) is 0 Å². The third-order valence-electron chi connectivity index (χ3n) is 1.05. The Balaban J connectivity index is 3.09. The average molecular weight is 146 g/mol. The van der Waals surface area contributed by atoms with Gasteiger partial charge < -0.3 is 9.47 Å². The maximum Gasteiger partial charge on any atom is 0.160 e. The maximum absolute atomic E-state index is 10.8. The molecule has 0 aliphatic rings. The Morgan fingerprint density at radius 1 is 1.50 bits per heavy atom. The molecule has 0 N–H and O–H groups in total. The smallest absolute Gasteiger partial charge is 0.160 e. The molecule has 0 atom stereocenters. The normalized spacial score (nSPS) is 9.80. The summed E-state index contributed by atoms with van der Waals surface area (Å²) in [5.41, 5.74) is 0. The molecule has 0 saturated heterocycles. The van der Waals surface area contributed by atoms with Gasteiger partial charge in [-0.2, -0.15) is 0 Å². The number of rotatable bonds is 6. The van der Waals surface area contributed by atoms with Crippen molar-refractivity contribution in [3.63, 3.8) is 0 Å². The van der Waals surface area contributed by atoms with Crippen molar-refractivity contribution in [2.45, 2.75) is 13.3 Å². The van der Waals surface area contributed by atoms with Crippen LogP contribution in [0.3, 0.4) is 0 Å². The average Bonchev–Trinajstić information content (AvgIpc) is 1.97. The molecule has 0 aromatic heterocycles. The van der Waals surface area contributed by atoms with Gasteiger partial charge in [0, 0.05) is 20.1 Å². The summed E-state index contributed by atoms with van der Waals surface area (Å²) < 4.78 is 9.60. The van der Waals surface area contributed by atoms with E-state index in [1.807, 2.05) is 6.92 Å². The minimum absolute atomic E-state index is 0.101. The fourth-order valence-electron chi connectivity index (χ4n) is 0.504. The van der Waals surface area contributed by atoms with Crippen LogP contribution >= 0.6 is 0 Å². The predicted molar refractivity (Wildman–Crippen MR) is 38.0 cm³/mol. The predicted octanol–water partition coefficient (Wildman–Crippen LogP) is 0.629. The number of methoxy groups -OCH3 is 1. The zero-order valence-corrected chi connectivity index (χ0v) is 6.55. The van der Waals surface area contributed by atoms with E-state index in [2.05, 4.69) is 0 Å². The maximum atomic E-state index is 10.8. The molecule has 10 heavy (non-hydrogen) atoms. The highest BCUT2D eigenvalue weighted by Gasteiger charge is 1.98. The van der Waals surface area contributed by atoms with Gasteiger partial charge in [0.25, 0.3) is 0 Å². The van der Waals surface area contributed by atoms with Crippen molar-refractivity contribution in [2.75, 3.05) is 26.9 Å². The highest BCUT2D eigenvalue weighted by Crippen LogP contribution is 1.85. The number of ketones is 1. The van der Waals surface area contributed by atoms with Crippen molar-refractivity contribution < 1.29 is 14.3 Å². The first-order valence-electron chi connectivity index (χ1n) is 3.39. The Kier molecular flexibility index (Phi) is 6.43. The molecule has 0 aliphatic carbocycles. The van der Waals surface area contributed by atoms with Crippen molar-refractivity contribution in [2.24, 2.45) is 0 Å². The van der Waals surface area contributed by atoms with E-state index in [4.69, 9.17) is 9.47 Å². The third kappa shape index (κ3) is 5.72. The van der Waals surface area contributed by atoms with Gasteiger partial charge in [0.15, 0.2) is 5.78 Å². The van der Waals surface area contributed by atoms with E-state index in [0.717, 1.165) is 0 Å². The van der Waals surface area contributed by atoms with Gasteiger partial charge in [-0.25, -0.2) is 0 Å². The van der Waals surface area contributed by atoms with Crippen LogP contribution in [0, 0.1) is 0 Å². The van der Waals surface area contributed by atoms with Crippen molar-refractivity contribution in [3.05, 3.63) is 0 Å². The minimum Gasteiger partial charge on any atom is -0.384 e. The van der Waals surface area contributed by atoms with Crippen LogP contribution in [-0.4, -0.2) is 32.7 Å². The fourth-order valence-corrected chi connectivity index (χ4v) is 0.504. The topological polar surface area (TPSA) is 35.5 Å². The molecule has 0 heterocycles. The number of carbonyl (C=O) groups excluding carboxylic acids is 1. The van der Waals surface area contributed by atoms with Gasteiger partial charge in [-0.3, -0.25) is 4.79 Å². The molecule has 0 rings (SSSR count). The lowest BCUT2D eigenvalue weighted by molar-refractivity contribution is -0.124. The molecule has 0 bridgehead atoms. The first-order valence-corrected chi connectivity index (χ1v) is 3.39. The van der Waals surface area contributed by atoms with Gasteiger partial charge in [0.2, 0.25) is 0 Å². The molecule has 0 amide bonds. The monoisotopic (exact) mass is 146 g/mol. The molecule has 0 aromatic rings. The van der Waals surface area contributed by atoms with Crippen LogP contribution in [0.5, 0.6) is 0 Å². The van der Waals surface area contributed by atoms with Crippen LogP contribution in [0.15, 0.2) is 0 Å². The minimum atomic E-state index is 0.101. The van der Waals surface area contributed by atoms with Gasteiger partial charge in [0.1, 0.15) is 6.61 Å². The van der Waals surface area contributed by atoms with E-state index in [1.165, 1.54) is 0 Å². The summed E-state index contributed by atoms with van der Waals surface area (Å²) in [4.78, 5) is 10.8. The molecule has 0 unspecified atom stereocenters. The Hall–Kier alpha value is -0.410. The number of Topliss-reactive ketones (excluding diaryl/α,β-unsaturated/α-hetero) is 1. The Bertz CT molecular complexity index is 80.9. The van der Waals surface area contributed by atoms with Crippen LogP contribution < -0.4 is 0 Å². The standard InChI is InChI=1S/C7H14O3/c1-3-10-6-7(8)4-5-9-2/h3-6H2,1-2H3. The van der Waals surface area contributed by atoms with E-state index in [-0.39, 0.29) is 12.4 Å². The Labute approximate surface area is 61.3 Å². The largest absolute Gasteiger partial charge is 0.384 e. The van der Waals surface area contributed by atoms with Gasteiger partial charge in [-0.15, -0.1) is 0 Å². The lowest BCUT2D eigenvalue weighted by Gasteiger charge is -1.98. The lowest BCUT2D eigenvalue weighted by Crippen LogP contribution is -2.10. The zero-order valence-electron chi connectivity index (χ0n) is 6.55. The molecule has 60 valence electrons. The van der Waals surface area contributed by atoms with E-state index >= 15 is 0 Å². The summed E-state index contributed by atoms with van der Waals surface area (Å²) >= 11 is 0. The summed E-state index contributed by atoms with van der Waals surface area (Å²) in [6.45, 7) is 3.17. The first kappa shape index (κ1) is 9.59. The second-order valence-corrected chi connectivity index (χ2v) is 1.92. The Morgan fingerprint density at radius 2 is 2.20 bits per heavy atom. The first-order chi connectivity index (χ1) is 4.81. The number of carbonyl (C=O) groups is 1. The van der Waals surface area contributed by atoms with E-state index in [9.17, 15) is 4.79 Å². The van der Waals surface area contributed by atoms with Gasteiger partial charge in [0.05, 0.1) is 6.61 Å². The number of hydrogen-bond donors (Lipinski definition) is 0. The van der Waals surface area contributed by atoms with Crippen molar-refractivity contribution >= 4 is 5.78 Å². The molecule has 0 fully saturated rings. The number of ether oxygens (including phenoxy) is 2. The lowest BCUT2D eigenvalue weighted by atomic mass is 10.3. The zero-order chi connectivity index (χ0) is 7.82. The van der Waals surface area contributed by atoms with Crippen molar-refractivity contribution in [1.82, 2.24) is 0 Å². The molecule has 3 nitrogen and oxygen atoms in total. The summed E-state index contributed by atoms with van der Waals surface area (Å²) in [7, 11) is 1.58. The van der Waals surface area contributed by atoms with Crippen LogP contribution in [0.25, 0.3) is 0 Å². The molecule has 0 saturated carbocycles. The van der Waals surface area contributed by atoms with Crippen molar-refractivity contribution in [1.29, 1.82) is 0 Å². The Morgan fingerprint density at radius 3 is 2.70 bits per heavy atom. The molecule has 0 radical (unpaired) electrons. The number of hydrogen-bond acceptors (Lipinski definition) is 3. The van der Waals surface area contributed by atoms with Crippen LogP contribution in [0.1, 0.15) is 13.3 Å².